The fourth-order valence-electron chi connectivity index (χ4n) is 4.77. The molecule has 1 N–H and O–H groups in total. The molecule has 0 amide bonds. The van der Waals surface area contributed by atoms with Crippen molar-refractivity contribution in [2.45, 2.75) is 32.4 Å². The Morgan fingerprint density at radius 2 is 2.03 bits per heavy atom. The van der Waals surface area contributed by atoms with Crippen LogP contribution in [0.15, 0.2) is 53.3 Å². The summed E-state index contributed by atoms with van der Waals surface area (Å²) in [5.74, 6) is 1.49. The van der Waals surface area contributed by atoms with Crippen molar-refractivity contribution < 1.29 is 9.13 Å². The Hall–Kier alpha value is -3.59. The lowest BCUT2D eigenvalue weighted by Crippen LogP contribution is -2.41. The van der Waals surface area contributed by atoms with Crippen molar-refractivity contribution in [3.05, 3.63) is 81.7 Å². The predicted molar refractivity (Wildman–Crippen MR) is 126 cm³/mol. The van der Waals surface area contributed by atoms with Crippen LogP contribution in [0.25, 0.3) is 10.9 Å². The van der Waals surface area contributed by atoms with Gasteiger partial charge in [-0.1, -0.05) is 19.1 Å². The Balaban J connectivity index is 1.60. The lowest BCUT2D eigenvalue weighted by molar-refractivity contribution is 0.141. The summed E-state index contributed by atoms with van der Waals surface area (Å²) in [5, 5.41) is 13.4. The standard InChI is InChI=1S/C25H27FN6O2/c1-16-4-3-11-31(14-16)23(21-12-18-7-10-20(34-2)13-22(18)27-25(21)33)24-28-29-30-32(24)15-17-5-8-19(26)9-6-17/h5-10,12-13,16,23H,3-4,11,14-15H2,1-2H3,(H,27,33). The number of hydrogen-bond acceptors (Lipinski definition) is 6. The Labute approximate surface area is 196 Å². The average molecular weight is 463 g/mol. The Kier molecular flexibility index (Phi) is 6.10. The number of nitrogens with one attached hydrogen (secondary N) is 1. The number of aromatic nitrogens is 5. The molecule has 5 rings (SSSR count). The molecule has 2 unspecified atom stereocenters. The monoisotopic (exact) mass is 462 g/mol. The summed E-state index contributed by atoms with van der Waals surface area (Å²) < 4.78 is 20.4. The fourth-order valence-corrected chi connectivity index (χ4v) is 4.77. The van der Waals surface area contributed by atoms with Crippen LogP contribution in [-0.4, -0.2) is 50.3 Å². The summed E-state index contributed by atoms with van der Waals surface area (Å²) >= 11 is 0. The molecule has 9 heteroatoms. The molecule has 1 aliphatic rings. The third-order valence-corrected chi connectivity index (χ3v) is 6.48. The first-order chi connectivity index (χ1) is 16.5. The highest BCUT2D eigenvalue weighted by molar-refractivity contribution is 5.80. The Morgan fingerprint density at radius 1 is 1.21 bits per heavy atom. The van der Waals surface area contributed by atoms with Gasteiger partial charge in [-0.05, 0) is 77.0 Å². The van der Waals surface area contributed by atoms with Crippen molar-refractivity contribution in [1.82, 2.24) is 30.1 Å². The van der Waals surface area contributed by atoms with Crippen molar-refractivity contribution in [3.63, 3.8) is 0 Å². The van der Waals surface area contributed by atoms with E-state index in [4.69, 9.17) is 4.74 Å². The number of benzene rings is 2. The summed E-state index contributed by atoms with van der Waals surface area (Å²) in [6.45, 7) is 4.29. The number of aromatic amines is 1. The number of nitrogens with zero attached hydrogens (tertiary/aromatic N) is 5. The lowest BCUT2D eigenvalue weighted by atomic mass is 9.95. The summed E-state index contributed by atoms with van der Waals surface area (Å²) in [7, 11) is 1.60. The van der Waals surface area contributed by atoms with E-state index < -0.39 is 6.04 Å². The number of fused-ring (bicyclic) bond motifs is 1. The molecule has 2 atom stereocenters. The summed E-state index contributed by atoms with van der Waals surface area (Å²) in [5.41, 5.74) is 2.01. The van der Waals surface area contributed by atoms with Crippen LogP contribution in [0, 0.1) is 11.7 Å². The fraction of sp³-hybridized carbons (Fsp3) is 0.360. The van der Waals surface area contributed by atoms with Crippen molar-refractivity contribution in [1.29, 1.82) is 0 Å². The maximum Gasteiger partial charge on any atom is 0.253 e. The summed E-state index contributed by atoms with van der Waals surface area (Å²) in [6, 6.07) is 13.4. The zero-order chi connectivity index (χ0) is 23.7. The van der Waals surface area contributed by atoms with E-state index in [0.717, 1.165) is 36.9 Å². The molecule has 2 aromatic carbocycles. The largest absolute Gasteiger partial charge is 0.497 e. The number of rotatable bonds is 6. The number of pyridine rings is 1. The molecule has 34 heavy (non-hydrogen) atoms. The van der Waals surface area contributed by atoms with E-state index in [9.17, 15) is 9.18 Å². The molecular weight excluding hydrogens is 435 g/mol. The van der Waals surface area contributed by atoms with Crippen LogP contribution in [-0.2, 0) is 6.54 Å². The number of ether oxygens (including phenoxy) is 1. The molecule has 0 saturated carbocycles. The molecule has 1 saturated heterocycles. The summed E-state index contributed by atoms with van der Waals surface area (Å²) in [6.07, 6.45) is 2.19. The maximum absolute atomic E-state index is 13.4. The third-order valence-electron chi connectivity index (χ3n) is 6.48. The number of H-pyrrole nitrogens is 1. The van der Waals surface area contributed by atoms with Crippen molar-refractivity contribution >= 4 is 10.9 Å². The van der Waals surface area contributed by atoms with Crippen LogP contribution < -0.4 is 10.3 Å². The van der Waals surface area contributed by atoms with E-state index in [1.807, 2.05) is 24.3 Å². The first-order valence-electron chi connectivity index (χ1n) is 11.5. The van der Waals surface area contributed by atoms with Gasteiger partial charge in [0.2, 0.25) is 0 Å². The van der Waals surface area contributed by atoms with Crippen LogP contribution in [0.4, 0.5) is 4.39 Å². The number of tetrazole rings is 1. The summed E-state index contributed by atoms with van der Waals surface area (Å²) in [4.78, 5) is 18.7. The number of methoxy groups -OCH3 is 1. The molecule has 0 radical (unpaired) electrons. The highest BCUT2D eigenvalue weighted by atomic mass is 19.1. The first-order valence-corrected chi connectivity index (χ1v) is 11.5. The van der Waals surface area contributed by atoms with Gasteiger partial charge in [0.15, 0.2) is 5.82 Å². The van der Waals surface area contributed by atoms with E-state index in [1.165, 1.54) is 12.1 Å². The second kappa shape index (κ2) is 9.34. The van der Waals surface area contributed by atoms with Crippen molar-refractivity contribution in [2.24, 2.45) is 5.92 Å². The van der Waals surface area contributed by atoms with E-state index in [0.29, 0.717) is 35.1 Å². The van der Waals surface area contributed by atoms with Gasteiger partial charge >= 0.3 is 0 Å². The molecule has 1 fully saturated rings. The molecule has 176 valence electrons. The average Bonchev–Trinajstić information content (AvgIpc) is 3.28. The van der Waals surface area contributed by atoms with Gasteiger partial charge in [-0.15, -0.1) is 5.10 Å². The van der Waals surface area contributed by atoms with Gasteiger partial charge in [-0.25, -0.2) is 9.07 Å². The number of halogens is 1. The van der Waals surface area contributed by atoms with Gasteiger partial charge in [0.05, 0.1) is 19.2 Å². The van der Waals surface area contributed by atoms with E-state index in [1.54, 1.807) is 23.9 Å². The zero-order valence-corrected chi connectivity index (χ0v) is 19.2. The second-order valence-electron chi connectivity index (χ2n) is 8.97. The van der Waals surface area contributed by atoms with E-state index in [2.05, 4.69) is 32.3 Å². The van der Waals surface area contributed by atoms with Gasteiger partial charge in [0, 0.05) is 18.2 Å². The van der Waals surface area contributed by atoms with Crippen molar-refractivity contribution in [2.75, 3.05) is 20.2 Å². The minimum Gasteiger partial charge on any atom is -0.497 e. The highest BCUT2D eigenvalue weighted by Crippen LogP contribution is 2.31. The van der Waals surface area contributed by atoms with Crippen molar-refractivity contribution in [3.8, 4) is 5.75 Å². The van der Waals surface area contributed by atoms with Gasteiger partial charge in [0.1, 0.15) is 17.6 Å². The van der Waals surface area contributed by atoms with Gasteiger partial charge in [-0.3, -0.25) is 9.69 Å². The van der Waals surface area contributed by atoms with Gasteiger partial charge < -0.3 is 9.72 Å². The SMILES string of the molecule is COc1ccc2cc(C(c3nnnn3Cc3ccc(F)cc3)N3CCCC(C)C3)c(=O)[nH]c2c1. The van der Waals surface area contributed by atoms with E-state index in [-0.39, 0.29) is 11.4 Å². The molecule has 3 heterocycles. The highest BCUT2D eigenvalue weighted by Gasteiger charge is 2.32. The smallest absolute Gasteiger partial charge is 0.253 e. The van der Waals surface area contributed by atoms with Crippen LogP contribution in [0.5, 0.6) is 5.75 Å². The predicted octanol–water partition coefficient (Wildman–Crippen LogP) is 3.53. The van der Waals surface area contributed by atoms with Crippen LogP contribution >= 0.6 is 0 Å². The number of hydrogen-bond donors (Lipinski definition) is 1. The molecule has 8 nitrogen and oxygen atoms in total. The van der Waals surface area contributed by atoms with Gasteiger partial charge in [-0.2, -0.15) is 0 Å². The molecular formula is C25H27FN6O2. The number of piperidine rings is 1. The number of likely N-dealkylation sites (tertiary alicyclic amines) is 1. The maximum atomic E-state index is 13.4. The minimum absolute atomic E-state index is 0.180. The minimum atomic E-state index is -0.409. The topological polar surface area (TPSA) is 88.9 Å². The van der Waals surface area contributed by atoms with Crippen LogP contribution in [0.2, 0.25) is 0 Å². The normalized spacial score (nSPS) is 17.7. The Bertz CT molecular complexity index is 1350. The molecule has 0 aliphatic carbocycles. The molecule has 2 aromatic heterocycles. The second-order valence-corrected chi connectivity index (χ2v) is 8.97. The van der Waals surface area contributed by atoms with Gasteiger partial charge in [0.25, 0.3) is 5.56 Å². The molecule has 1 aliphatic heterocycles. The third kappa shape index (κ3) is 4.43. The van der Waals surface area contributed by atoms with Crippen LogP contribution in [0.1, 0.15) is 42.8 Å². The quantitative estimate of drug-likeness (QED) is 0.472. The Morgan fingerprint density at radius 3 is 2.79 bits per heavy atom. The van der Waals surface area contributed by atoms with E-state index >= 15 is 0 Å². The van der Waals surface area contributed by atoms with Crippen LogP contribution in [0.3, 0.4) is 0 Å². The molecule has 0 bridgehead atoms. The first kappa shape index (κ1) is 22.2. The lowest BCUT2D eigenvalue weighted by Gasteiger charge is -2.36. The zero-order valence-electron chi connectivity index (χ0n) is 19.2. The molecule has 4 aromatic rings. The molecule has 0 spiro atoms.